The maximum atomic E-state index is 12.5. The Hall–Kier alpha value is -2.87. The van der Waals surface area contributed by atoms with Crippen LogP contribution in [0.25, 0.3) is 0 Å². The average Bonchev–Trinajstić information content (AvgIpc) is 2.58. The molecule has 1 heterocycles. The van der Waals surface area contributed by atoms with E-state index in [-0.39, 0.29) is 29.4 Å². The lowest BCUT2D eigenvalue weighted by Crippen LogP contribution is -2.40. The lowest BCUT2D eigenvalue weighted by molar-refractivity contribution is -0.129. The highest BCUT2D eigenvalue weighted by atomic mass is 35.5. The van der Waals surface area contributed by atoms with Gasteiger partial charge in [-0.05, 0) is 18.6 Å². The van der Waals surface area contributed by atoms with Crippen LogP contribution in [0, 0.1) is 0 Å². The molecule has 8 nitrogen and oxygen atoms in total. The Kier molecular flexibility index (Phi) is 4.45. The molecule has 0 aromatic rings. The lowest BCUT2D eigenvalue weighted by atomic mass is 9.95. The van der Waals surface area contributed by atoms with E-state index in [0.717, 1.165) is 7.05 Å². The summed E-state index contributed by atoms with van der Waals surface area (Å²) >= 11 is 6.08. The van der Waals surface area contributed by atoms with Crippen LogP contribution in [0.2, 0.25) is 0 Å². The number of carbonyl (C=O) groups is 4. The molecule has 2 aliphatic carbocycles. The number of amides is 3. The average molecular weight is 379 g/mol. The van der Waals surface area contributed by atoms with Gasteiger partial charge in [0, 0.05) is 31.8 Å². The number of hydrogen-bond acceptors (Lipinski definition) is 5. The summed E-state index contributed by atoms with van der Waals surface area (Å²) in [5.41, 5.74) is 0.308. The van der Waals surface area contributed by atoms with E-state index < -0.39 is 17.8 Å². The van der Waals surface area contributed by atoms with E-state index >= 15 is 0 Å². The molecule has 0 spiro atoms. The molecule has 1 aliphatic heterocycles. The van der Waals surface area contributed by atoms with Gasteiger partial charge in [0.25, 0.3) is 5.91 Å². The van der Waals surface area contributed by atoms with Crippen molar-refractivity contribution in [1.29, 1.82) is 0 Å². The molecule has 0 saturated heterocycles. The number of carbonyl (C=O) groups excluding carboxylic acids is 3. The number of Topliss-reactive ketones (excluding diaryl/α,β-unsaturated/α-hetero) is 1. The van der Waals surface area contributed by atoms with Crippen molar-refractivity contribution < 1.29 is 29.0 Å². The van der Waals surface area contributed by atoms with Crippen LogP contribution in [-0.4, -0.2) is 45.6 Å². The number of ketones is 1. The Morgan fingerprint density at radius 3 is 2.62 bits per heavy atom. The number of rotatable bonds is 1. The van der Waals surface area contributed by atoms with E-state index in [2.05, 4.69) is 0 Å². The van der Waals surface area contributed by atoms with Crippen LogP contribution in [0.5, 0.6) is 0 Å². The molecule has 0 bridgehead atoms. The molecule has 0 radical (unpaired) electrons. The first-order chi connectivity index (χ1) is 12.2. The number of fused-ring (bicyclic) bond motifs is 1. The molecule has 136 valence electrons. The van der Waals surface area contributed by atoms with Crippen molar-refractivity contribution >= 4 is 35.3 Å². The van der Waals surface area contributed by atoms with Crippen LogP contribution in [0.3, 0.4) is 0 Å². The van der Waals surface area contributed by atoms with Gasteiger partial charge in [0.15, 0.2) is 11.5 Å². The number of imide groups is 1. The molecule has 0 fully saturated rings. The van der Waals surface area contributed by atoms with Crippen molar-refractivity contribution in [3.05, 3.63) is 45.7 Å². The summed E-state index contributed by atoms with van der Waals surface area (Å²) < 4.78 is 5.79. The highest BCUT2D eigenvalue weighted by molar-refractivity contribution is 6.30. The minimum atomic E-state index is -1.50. The molecule has 26 heavy (non-hydrogen) atoms. The predicted octanol–water partition coefficient (Wildman–Crippen LogP) is 2.24. The van der Waals surface area contributed by atoms with E-state index in [0.29, 0.717) is 34.2 Å². The molecule has 0 atom stereocenters. The third-order valence-corrected chi connectivity index (χ3v) is 4.51. The largest absolute Gasteiger partial charge is 0.465 e. The second-order valence-electron chi connectivity index (χ2n) is 5.92. The van der Waals surface area contributed by atoms with E-state index in [1.54, 1.807) is 6.08 Å². The standard InChI is InChI=1S/C17H15ClN2O6/c1-8(21)20-10-4-5-12(22)14(16(23)19(2)17(24)25)15(10)26-13-6-3-9(18)7-11(13)20/h4,7H,3,5-6H2,1-2H3,(H,24,25). The quantitative estimate of drug-likeness (QED) is 0.702. The van der Waals surface area contributed by atoms with Gasteiger partial charge in [-0.15, -0.1) is 0 Å². The van der Waals surface area contributed by atoms with Crippen LogP contribution >= 0.6 is 11.6 Å². The molecule has 0 unspecified atom stereocenters. The van der Waals surface area contributed by atoms with Crippen LogP contribution in [-0.2, 0) is 19.1 Å². The normalized spacial score (nSPS) is 19.2. The van der Waals surface area contributed by atoms with Crippen LogP contribution in [0.1, 0.15) is 26.2 Å². The molecule has 0 aromatic heterocycles. The maximum Gasteiger partial charge on any atom is 0.414 e. The molecule has 0 aromatic carbocycles. The van der Waals surface area contributed by atoms with Crippen LogP contribution in [0.15, 0.2) is 45.7 Å². The highest BCUT2D eigenvalue weighted by Gasteiger charge is 2.41. The summed E-state index contributed by atoms with van der Waals surface area (Å²) in [6.45, 7) is 1.34. The summed E-state index contributed by atoms with van der Waals surface area (Å²) in [6, 6.07) is 0. The van der Waals surface area contributed by atoms with Crippen molar-refractivity contribution in [3.63, 3.8) is 0 Å². The zero-order valence-electron chi connectivity index (χ0n) is 14.0. The molecule has 3 amide bonds. The number of ether oxygens (including phenoxy) is 1. The van der Waals surface area contributed by atoms with E-state index in [9.17, 15) is 19.2 Å². The van der Waals surface area contributed by atoms with Crippen molar-refractivity contribution in [2.45, 2.75) is 26.2 Å². The minimum Gasteiger partial charge on any atom is -0.465 e. The Morgan fingerprint density at radius 2 is 2.00 bits per heavy atom. The third kappa shape index (κ3) is 2.82. The lowest BCUT2D eigenvalue weighted by Gasteiger charge is -2.37. The van der Waals surface area contributed by atoms with Gasteiger partial charge in [0.1, 0.15) is 11.3 Å². The summed E-state index contributed by atoms with van der Waals surface area (Å²) in [7, 11) is 1.04. The Labute approximate surface area is 153 Å². The number of allylic oxidation sites excluding steroid dienone is 4. The monoisotopic (exact) mass is 378 g/mol. The number of carboxylic acid groups (broad SMARTS) is 1. The molecule has 0 saturated carbocycles. The smallest absolute Gasteiger partial charge is 0.414 e. The first-order valence-electron chi connectivity index (χ1n) is 7.79. The van der Waals surface area contributed by atoms with Gasteiger partial charge in [-0.25, -0.2) is 9.69 Å². The van der Waals surface area contributed by atoms with Crippen molar-refractivity contribution in [2.75, 3.05) is 7.05 Å². The predicted molar refractivity (Wildman–Crippen MR) is 89.3 cm³/mol. The fraction of sp³-hybridized carbons (Fsp3) is 0.294. The summed E-state index contributed by atoms with van der Waals surface area (Å²) in [5.74, 6) is -1.62. The summed E-state index contributed by atoms with van der Waals surface area (Å²) in [5, 5.41) is 9.60. The van der Waals surface area contributed by atoms with Gasteiger partial charge in [-0.1, -0.05) is 11.6 Å². The molecule has 3 aliphatic rings. The second kappa shape index (κ2) is 6.45. The summed E-state index contributed by atoms with van der Waals surface area (Å²) in [4.78, 5) is 49.9. The minimum absolute atomic E-state index is 0.0975. The number of likely N-dealkylation sites (N-methyl/N-ethyl adjacent to an activating group) is 1. The maximum absolute atomic E-state index is 12.5. The Bertz CT molecular complexity index is 880. The fourth-order valence-electron chi connectivity index (χ4n) is 2.95. The van der Waals surface area contributed by atoms with E-state index in [1.165, 1.54) is 17.9 Å². The van der Waals surface area contributed by atoms with Crippen molar-refractivity contribution in [1.82, 2.24) is 9.80 Å². The molecule has 3 rings (SSSR count). The molecular formula is C17H15ClN2O6. The second-order valence-corrected chi connectivity index (χ2v) is 6.41. The van der Waals surface area contributed by atoms with Gasteiger partial charge >= 0.3 is 6.09 Å². The molecule has 9 heteroatoms. The summed E-state index contributed by atoms with van der Waals surface area (Å²) in [6.07, 6.45) is 2.32. The van der Waals surface area contributed by atoms with Gasteiger partial charge in [-0.3, -0.25) is 19.3 Å². The van der Waals surface area contributed by atoms with Crippen molar-refractivity contribution in [3.8, 4) is 0 Å². The SMILES string of the molecule is CC(=O)N1C2=CCC(=O)C(C(=O)N(C)C(=O)O)=C2OC2=C1C=C(Cl)CC2. The van der Waals surface area contributed by atoms with Crippen LogP contribution in [0.4, 0.5) is 4.79 Å². The first kappa shape index (κ1) is 17.9. The van der Waals surface area contributed by atoms with E-state index in [4.69, 9.17) is 21.4 Å². The zero-order chi connectivity index (χ0) is 19.2. The molecular weight excluding hydrogens is 364 g/mol. The van der Waals surface area contributed by atoms with Crippen molar-refractivity contribution in [2.24, 2.45) is 0 Å². The topological polar surface area (TPSA) is 104 Å². The third-order valence-electron chi connectivity index (χ3n) is 4.22. The number of halogens is 1. The molecule has 1 N–H and O–H groups in total. The highest BCUT2D eigenvalue weighted by Crippen LogP contribution is 2.42. The van der Waals surface area contributed by atoms with Gasteiger partial charge < -0.3 is 9.84 Å². The zero-order valence-corrected chi connectivity index (χ0v) is 14.8. The van der Waals surface area contributed by atoms with Crippen LogP contribution < -0.4 is 0 Å². The van der Waals surface area contributed by atoms with Gasteiger partial charge in [0.05, 0.1) is 11.4 Å². The first-order valence-corrected chi connectivity index (χ1v) is 8.17. The Balaban J connectivity index is 2.19. The number of hydrogen-bond donors (Lipinski definition) is 1. The van der Waals surface area contributed by atoms with Gasteiger partial charge in [0.2, 0.25) is 5.91 Å². The number of nitrogens with zero attached hydrogens (tertiary/aromatic N) is 2. The Morgan fingerprint density at radius 1 is 1.31 bits per heavy atom. The van der Waals surface area contributed by atoms with Gasteiger partial charge in [-0.2, -0.15) is 0 Å². The van der Waals surface area contributed by atoms with E-state index in [1.807, 2.05) is 0 Å². The fourth-order valence-corrected chi connectivity index (χ4v) is 3.15.